The Kier molecular flexibility index (Phi) is 3.09. The van der Waals surface area contributed by atoms with Gasteiger partial charge in [0.25, 0.3) is 0 Å². The summed E-state index contributed by atoms with van der Waals surface area (Å²) < 4.78 is 6.36. The van der Waals surface area contributed by atoms with Crippen molar-refractivity contribution >= 4 is 27.2 Å². The van der Waals surface area contributed by atoms with Crippen LogP contribution < -0.4 is 10.1 Å². The minimum absolute atomic E-state index is 0.863. The molecule has 0 fully saturated rings. The minimum atomic E-state index is 0.863. The highest BCUT2D eigenvalue weighted by Crippen LogP contribution is 2.32. The molecule has 0 aliphatic heterocycles. The van der Waals surface area contributed by atoms with Crippen LogP contribution in [0.25, 0.3) is 20.8 Å². The average Bonchev–Trinajstić information content (AvgIpc) is 2.90. The largest absolute Gasteiger partial charge is 0.497 e. The maximum absolute atomic E-state index is 5.17. The Bertz CT molecular complexity index is 704. The molecular formula is C15H14N2OS. The number of ether oxygens (including phenoxy) is 1. The number of methoxy groups -OCH3 is 1. The average molecular weight is 270 g/mol. The zero-order valence-corrected chi connectivity index (χ0v) is 11.6. The van der Waals surface area contributed by atoms with Crippen LogP contribution >= 0.6 is 11.3 Å². The van der Waals surface area contributed by atoms with Crippen molar-refractivity contribution in [2.75, 3.05) is 19.5 Å². The number of benzene rings is 2. The van der Waals surface area contributed by atoms with E-state index in [2.05, 4.69) is 16.4 Å². The van der Waals surface area contributed by atoms with Crippen LogP contribution in [0.15, 0.2) is 42.5 Å². The van der Waals surface area contributed by atoms with Crippen molar-refractivity contribution < 1.29 is 4.74 Å². The number of hydrogen-bond acceptors (Lipinski definition) is 4. The minimum Gasteiger partial charge on any atom is -0.497 e. The number of nitrogens with zero attached hydrogens (tertiary/aromatic N) is 1. The molecule has 0 spiro atoms. The first-order valence-electron chi connectivity index (χ1n) is 6.03. The predicted molar refractivity (Wildman–Crippen MR) is 81.2 cm³/mol. The highest BCUT2D eigenvalue weighted by Gasteiger charge is 2.06. The van der Waals surface area contributed by atoms with Crippen LogP contribution in [0.1, 0.15) is 0 Å². The van der Waals surface area contributed by atoms with Crippen molar-refractivity contribution in [2.24, 2.45) is 0 Å². The van der Waals surface area contributed by atoms with Crippen molar-refractivity contribution in [2.45, 2.75) is 0 Å². The number of fused-ring (bicyclic) bond motifs is 1. The second-order valence-electron chi connectivity index (χ2n) is 4.18. The smallest absolute Gasteiger partial charge is 0.124 e. The monoisotopic (exact) mass is 270 g/mol. The quantitative estimate of drug-likeness (QED) is 0.780. The fourth-order valence-corrected chi connectivity index (χ4v) is 2.95. The van der Waals surface area contributed by atoms with Gasteiger partial charge in [-0.3, -0.25) is 0 Å². The molecule has 19 heavy (non-hydrogen) atoms. The summed E-state index contributed by atoms with van der Waals surface area (Å²) in [6.45, 7) is 0. The zero-order valence-electron chi connectivity index (χ0n) is 10.8. The van der Waals surface area contributed by atoms with Gasteiger partial charge in [-0.05, 0) is 42.5 Å². The maximum atomic E-state index is 5.17. The first-order chi connectivity index (χ1) is 9.30. The topological polar surface area (TPSA) is 34.2 Å². The fourth-order valence-electron chi connectivity index (χ4n) is 1.94. The first kappa shape index (κ1) is 12.0. The van der Waals surface area contributed by atoms with E-state index in [1.54, 1.807) is 18.4 Å². The van der Waals surface area contributed by atoms with Gasteiger partial charge in [0.15, 0.2) is 0 Å². The third kappa shape index (κ3) is 2.27. The summed E-state index contributed by atoms with van der Waals surface area (Å²) in [4.78, 5) is 4.66. The van der Waals surface area contributed by atoms with Gasteiger partial charge in [0.05, 0.1) is 17.3 Å². The van der Waals surface area contributed by atoms with Gasteiger partial charge < -0.3 is 10.1 Å². The Morgan fingerprint density at radius 2 is 1.89 bits per heavy atom. The van der Waals surface area contributed by atoms with Crippen LogP contribution in [0, 0.1) is 0 Å². The Balaban J connectivity index is 2.04. The number of hydrogen-bond donors (Lipinski definition) is 1. The normalized spacial score (nSPS) is 10.6. The van der Waals surface area contributed by atoms with Crippen molar-refractivity contribution in [3.63, 3.8) is 0 Å². The molecule has 96 valence electrons. The van der Waals surface area contributed by atoms with Gasteiger partial charge in [0, 0.05) is 18.3 Å². The van der Waals surface area contributed by atoms with Crippen LogP contribution in [-0.4, -0.2) is 19.1 Å². The second-order valence-corrected chi connectivity index (χ2v) is 5.21. The van der Waals surface area contributed by atoms with Crippen LogP contribution in [0.3, 0.4) is 0 Å². The van der Waals surface area contributed by atoms with Crippen LogP contribution in [-0.2, 0) is 0 Å². The molecule has 0 aliphatic rings. The van der Waals surface area contributed by atoms with E-state index in [1.807, 2.05) is 43.4 Å². The van der Waals surface area contributed by atoms with Gasteiger partial charge in [-0.2, -0.15) is 0 Å². The van der Waals surface area contributed by atoms with Crippen molar-refractivity contribution in [3.8, 4) is 16.3 Å². The lowest BCUT2D eigenvalue weighted by molar-refractivity contribution is 0.415. The van der Waals surface area contributed by atoms with E-state index in [0.29, 0.717) is 0 Å². The maximum Gasteiger partial charge on any atom is 0.124 e. The molecule has 1 aromatic heterocycles. The molecule has 0 saturated heterocycles. The highest BCUT2D eigenvalue weighted by atomic mass is 32.1. The van der Waals surface area contributed by atoms with Gasteiger partial charge in [0.1, 0.15) is 10.8 Å². The summed E-state index contributed by atoms with van der Waals surface area (Å²) >= 11 is 1.70. The molecule has 3 aromatic rings. The second kappa shape index (κ2) is 4.90. The fraction of sp³-hybridized carbons (Fsp3) is 0.133. The molecule has 0 saturated carbocycles. The van der Waals surface area contributed by atoms with E-state index in [1.165, 1.54) is 4.70 Å². The molecule has 0 radical (unpaired) electrons. The predicted octanol–water partition coefficient (Wildman–Crippen LogP) is 4.01. The van der Waals surface area contributed by atoms with Gasteiger partial charge in [0.2, 0.25) is 0 Å². The summed E-state index contributed by atoms with van der Waals surface area (Å²) in [6, 6.07) is 14.2. The standard InChI is InChI=1S/C15H14N2OS/c1-16-11-5-8-13-14(9-11)19-15(17-13)10-3-6-12(18-2)7-4-10/h3-9,16H,1-2H3. The molecule has 0 atom stereocenters. The van der Waals surface area contributed by atoms with Gasteiger partial charge in [-0.1, -0.05) is 0 Å². The van der Waals surface area contributed by atoms with E-state index in [0.717, 1.165) is 27.5 Å². The zero-order chi connectivity index (χ0) is 13.2. The van der Waals surface area contributed by atoms with Crippen molar-refractivity contribution in [1.29, 1.82) is 0 Å². The van der Waals surface area contributed by atoms with Crippen LogP contribution in [0.4, 0.5) is 5.69 Å². The Morgan fingerprint density at radius 3 is 2.58 bits per heavy atom. The lowest BCUT2D eigenvalue weighted by Gasteiger charge is -1.99. The number of aromatic nitrogens is 1. The molecule has 1 heterocycles. The Morgan fingerprint density at radius 1 is 1.11 bits per heavy atom. The van der Waals surface area contributed by atoms with Crippen molar-refractivity contribution in [3.05, 3.63) is 42.5 Å². The first-order valence-corrected chi connectivity index (χ1v) is 6.84. The number of nitrogens with one attached hydrogen (secondary N) is 1. The molecule has 3 rings (SSSR count). The summed E-state index contributed by atoms with van der Waals surface area (Å²) in [7, 11) is 3.60. The number of rotatable bonds is 3. The Labute approximate surface area is 115 Å². The molecule has 0 bridgehead atoms. The lowest BCUT2D eigenvalue weighted by Crippen LogP contribution is -1.85. The molecular weight excluding hydrogens is 256 g/mol. The molecule has 0 aliphatic carbocycles. The van der Waals surface area contributed by atoms with Crippen molar-refractivity contribution in [1.82, 2.24) is 4.98 Å². The summed E-state index contributed by atoms with van der Waals surface area (Å²) in [5.74, 6) is 0.863. The molecule has 1 N–H and O–H groups in total. The van der Waals surface area contributed by atoms with E-state index in [9.17, 15) is 0 Å². The third-order valence-electron chi connectivity index (χ3n) is 3.01. The number of thiazole rings is 1. The highest BCUT2D eigenvalue weighted by molar-refractivity contribution is 7.21. The number of anilines is 1. The summed E-state index contributed by atoms with van der Waals surface area (Å²) in [5, 5.41) is 4.18. The van der Waals surface area contributed by atoms with E-state index in [-0.39, 0.29) is 0 Å². The summed E-state index contributed by atoms with van der Waals surface area (Å²) in [6.07, 6.45) is 0. The summed E-state index contributed by atoms with van der Waals surface area (Å²) in [5.41, 5.74) is 3.26. The van der Waals surface area contributed by atoms with Gasteiger partial charge in [-0.25, -0.2) is 4.98 Å². The molecule has 0 unspecified atom stereocenters. The molecule has 0 amide bonds. The SMILES string of the molecule is CNc1ccc2nc(-c3ccc(OC)cc3)sc2c1. The van der Waals surface area contributed by atoms with Crippen LogP contribution in [0.2, 0.25) is 0 Å². The van der Waals surface area contributed by atoms with E-state index >= 15 is 0 Å². The Hall–Kier alpha value is -2.07. The molecule has 3 nitrogen and oxygen atoms in total. The van der Waals surface area contributed by atoms with Crippen LogP contribution in [0.5, 0.6) is 5.75 Å². The lowest BCUT2D eigenvalue weighted by atomic mass is 10.2. The van der Waals surface area contributed by atoms with Gasteiger partial charge in [-0.15, -0.1) is 11.3 Å². The molecule has 2 aromatic carbocycles. The van der Waals surface area contributed by atoms with Gasteiger partial charge >= 0.3 is 0 Å². The van der Waals surface area contributed by atoms with E-state index < -0.39 is 0 Å². The third-order valence-corrected chi connectivity index (χ3v) is 4.08. The molecule has 4 heteroatoms. The van der Waals surface area contributed by atoms with E-state index in [4.69, 9.17) is 4.74 Å².